The SMILES string of the molecule is CC1([N+](=O)[O-])C=C([N+](=O)[O-])C=CC1S(N)(=O)=O. The highest BCUT2D eigenvalue weighted by Gasteiger charge is 2.52. The highest BCUT2D eigenvalue weighted by molar-refractivity contribution is 7.90. The van der Waals surface area contributed by atoms with Crippen molar-refractivity contribution in [2.75, 3.05) is 0 Å². The molecule has 10 heteroatoms. The number of primary sulfonamides is 1. The third kappa shape index (κ3) is 2.31. The van der Waals surface area contributed by atoms with Gasteiger partial charge in [-0.3, -0.25) is 20.2 Å². The van der Waals surface area contributed by atoms with E-state index in [-0.39, 0.29) is 0 Å². The van der Waals surface area contributed by atoms with Crippen molar-refractivity contribution in [1.82, 2.24) is 0 Å². The van der Waals surface area contributed by atoms with E-state index in [0.717, 1.165) is 19.1 Å². The Balaban J connectivity index is 3.39. The monoisotopic (exact) mass is 263 g/mol. The quantitative estimate of drug-likeness (QED) is 0.531. The fraction of sp³-hybridized carbons (Fsp3) is 0.429. The number of rotatable bonds is 3. The molecular weight excluding hydrogens is 254 g/mol. The Bertz CT molecular complexity index is 536. The van der Waals surface area contributed by atoms with Crippen LogP contribution in [0.1, 0.15) is 6.92 Å². The highest BCUT2D eigenvalue weighted by atomic mass is 32.2. The zero-order valence-corrected chi connectivity index (χ0v) is 9.46. The van der Waals surface area contributed by atoms with E-state index >= 15 is 0 Å². The minimum Gasteiger partial charge on any atom is -0.264 e. The lowest BCUT2D eigenvalue weighted by atomic mass is 9.92. The molecule has 0 bridgehead atoms. The first-order valence-corrected chi connectivity index (χ1v) is 5.91. The Morgan fingerprint density at radius 3 is 2.29 bits per heavy atom. The van der Waals surface area contributed by atoms with E-state index in [1.807, 2.05) is 0 Å². The Hall–Kier alpha value is -1.81. The van der Waals surface area contributed by atoms with E-state index in [9.17, 15) is 28.6 Å². The minimum absolute atomic E-state index is 0.538. The third-order valence-electron chi connectivity index (χ3n) is 2.42. The minimum atomic E-state index is -4.22. The van der Waals surface area contributed by atoms with Gasteiger partial charge in [-0.1, -0.05) is 6.08 Å². The predicted molar refractivity (Wildman–Crippen MR) is 56.5 cm³/mol. The summed E-state index contributed by atoms with van der Waals surface area (Å²) in [5.41, 5.74) is -2.69. The van der Waals surface area contributed by atoms with Crippen LogP contribution in [0.25, 0.3) is 0 Å². The van der Waals surface area contributed by atoms with E-state index in [0.29, 0.717) is 6.08 Å². The van der Waals surface area contributed by atoms with Crippen molar-refractivity contribution >= 4 is 10.0 Å². The number of hydrogen-bond donors (Lipinski definition) is 1. The summed E-state index contributed by atoms with van der Waals surface area (Å²) in [6.07, 6.45) is 2.43. The van der Waals surface area contributed by atoms with E-state index in [1.54, 1.807) is 0 Å². The molecule has 2 atom stereocenters. The standard InChI is InChI=1S/C7H9N3O6S/c1-7(10(13)14)4-5(9(11)12)2-3-6(7)17(8,15)16/h2-4,6H,1H3,(H2,8,15,16). The average molecular weight is 263 g/mol. The van der Waals surface area contributed by atoms with Crippen molar-refractivity contribution in [3.05, 3.63) is 44.2 Å². The van der Waals surface area contributed by atoms with Gasteiger partial charge in [-0.05, 0) is 0 Å². The molecule has 0 amide bonds. The summed E-state index contributed by atoms with van der Waals surface area (Å²) in [5, 5.41) is 24.6. The number of hydrogen-bond acceptors (Lipinski definition) is 6. The molecule has 0 radical (unpaired) electrons. The molecule has 0 spiro atoms. The Morgan fingerprint density at radius 1 is 1.41 bits per heavy atom. The van der Waals surface area contributed by atoms with Crippen LogP contribution in [0.3, 0.4) is 0 Å². The normalized spacial score (nSPS) is 28.6. The van der Waals surface area contributed by atoms with E-state index in [4.69, 9.17) is 5.14 Å². The fourth-order valence-electron chi connectivity index (χ4n) is 1.52. The van der Waals surface area contributed by atoms with Crippen LogP contribution in [0.5, 0.6) is 0 Å². The van der Waals surface area contributed by atoms with E-state index in [2.05, 4.69) is 0 Å². The summed E-state index contributed by atoms with van der Waals surface area (Å²) in [5.74, 6) is 0. The smallest absolute Gasteiger partial charge is 0.264 e. The van der Waals surface area contributed by atoms with Gasteiger partial charge in [0.05, 0.1) is 11.0 Å². The van der Waals surface area contributed by atoms with Gasteiger partial charge in [-0.25, -0.2) is 13.6 Å². The molecule has 0 saturated heterocycles. The second-order valence-electron chi connectivity index (χ2n) is 3.68. The van der Waals surface area contributed by atoms with E-state index < -0.39 is 36.4 Å². The summed E-state index contributed by atoms with van der Waals surface area (Å²) in [6, 6.07) is 0. The molecule has 2 N–H and O–H groups in total. The van der Waals surface area contributed by atoms with Gasteiger partial charge in [-0.2, -0.15) is 0 Å². The highest BCUT2D eigenvalue weighted by Crippen LogP contribution is 2.28. The zero-order valence-electron chi connectivity index (χ0n) is 8.64. The molecule has 0 saturated carbocycles. The maximum Gasteiger partial charge on any atom is 0.272 e. The van der Waals surface area contributed by atoms with Crippen molar-refractivity contribution in [2.45, 2.75) is 17.7 Å². The first kappa shape index (κ1) is 13.3. The Labute approximate surface area is 96.0 Å². The summed E-state index contributed by atoms with van der Waals surface area (Å²) in [6.45, 7) is 0.967. The van der Waals surface area contributed by atoms with Crippen LogP contribution in [-0.2, 0) is 10.0 Å². The summed E-state index contributed by atoms with van der Waals surface area (Å²) in [7, 11) is -4.22. The van der Waals surface area contributed by atoms with Gasteiger partial charge in [0.25, 0.3) is 11.2 Å². The number of nitro groups is 2. The molecule has 17 heavy (non-hydrogen) atoms. The zero-order chi connectivity index (χ0) is 13.4. The summed E-state index contributed by atoms with van der Waals surface area (Å²) in [4.78, 5) is 19.6. The summed E-state index contributed by atoms with van der Waals surface area (Å²) < 4.78 is 22.4. The van der Waals surface area contributed by atoms with Crippen LogP contribution < -0.4 is 5.14 Å². The van der Waals surface area contributed by atoms with Gasteiger partial charge in [0.1, 0.15) is 0 Å². The number of sulfonamides is 1. The van der Waals surface area contributed by atoms with Crippen molar-refractivity contribution in [3.8, 4) is 0 Å². The molecule has 0 fully saturated rings. The van der Waals surface area contributed by atoms with Gasteiger partial charge in [0, 0.05) is 17.9 Å². The molecule has 1 aliphatic rings. The van der Waals surface area contributed by atoms with Crippen LogP contribution in [0.2, 0.25) is 0 Å². The van der Waals surface area contributed by atoms with Crippen LogP contribution in [0, 0.1) is 20.2 Å². The van der Waals surface area contributed by atoms with Crippen LogP contribution in [0.4, 0.5) is 0 Å². The number of allylic oxidation sites excluding steroid dienone is 1. The van der Waals surface area contributed by atoms with E-state index in [1.165, 1.54) is 0 Å². The van der Waals surface area contributed by atoms with Gasteiger partial charge in [0.2, 0.25) is 10.0 Å². The second kappa shape index (κ2) is 3.89. The van der Waals surface area contributed by atoms with Gasteiger partial charge in [0.15, 0.2) is 5.25 Å². The fourth-order valence-corrected chi connectivity index (χ4v) is 2.64. The lowest BCUT2D eigenvalue weighted by molar-refractivity contribution is -0.550. The van der Waals surface area contributed by atoms with Crippen molar-refractivity contribution in [1.29, 1.82) is 0 Å². The third-order valence-corrected chi connectivity index (χ3v) is 3.76. The molecule has 0 aliphatic heterocycles. The molecule has 0 aromatic heterocycles. The largest absolute Gasteiger partial charge is 0.272 e. The Morgan fingerprint density at radius 2 is 1.94 bits per heavy atom. The van der Waals surface area contributed by atoms with Crippen LogP contribution >= 0.6 is 0 Å². The molecule has 9 nitrogen and oxygen atoms in total. The molecule has 0 heterocycles. The number of nitrogens with two attached hydrogens (primary N) is 1. The maximum atomic E-state index is 11.2. The maximum absolute atomic E-state index is 11.2. The first-order chi connectivity index (χ1) is 7.59. The van der Waals surface area contributed by atoms with Gasteiger partial charge < -0.3 is 0 Å². The lowest BCUT2D eigenvalue weighted by Gasteiger charge is -2.24. The molecular formula is C7H9N3O6S. The first-order valence-electron chi connectivity index (χ1n) is 4.30. The molecule has 2 unspecified atom stereocenters. The van der Waals surface area contributed by atoms with Gasteiger partial charge >= 0.3 is 0 Å². The number of nitrogens with zero attached hydrogens (tertiary/aromatic N) is 2. The summed E-state index contributed by atoms with van der Waals surface area (Å²) >= 11 is 0. The molecule has 0 aromatic rings. The average Bonchev–Trinajstić information content (AvgIpc) is 2.15. The van der Waals surface area contributed by atoms with Gasteiger partial charge in [-0.15, -0.1) is 0 Å². The van der Waals surface area contributed by atoms with Crippen molar-refractivity contribution in [3.63, 3.8) is 0 Å². The van der Waals surface area contributed by atoms with Crippen LogP contribution in [-0.4, -0.2) is 29.1 Å². The lowest BCUT2D eigenvalue weighted by Crippen LogP contribution is -2.51. The van der Waals surface area contributed by atoms with Crippen molar-refractivity contribution in [2.24, 2.45) is 5.14 Å². The molecule has 1 aliphatic carbocycles. The molecule has 94 valence electrons. The Kier molecular flexibility index (Phi) is 3.03. The topological polar surface area (TPSA) is 146 Å². The van der Waals surface area contributed by atoms with Crippen LogP contribution in [0.15, 0.2) is 23.9 Å². The molecule has 0 aromatic carbocycles. The molecule has 1 rings (SSSR count). The predicted octanol–water partition coefficient (Wildman–Crippen LogP) is -0.591. The van der Waals surface area contributed by atoms with Crippen molar-refractivity contribution < 1.29 is 18.3 Å². The second-order valence-corrected chi connectivity index (χ2v) is 5.36.